The Labute approximate surface area is 126 Å². The average molecular weight is 285 g/mol. The highest BCUT2D eigenvalue weighted by Crippen LogP contribution is 2.24. The highest BCUT2D eigenvalue weighted by Gasteiger charge is 2.15. The number of aryl methyl sites for hydroxylation is 1. The second-order valence-corrected chi connectivity index (χ2v) is 5.05. The summed E-state index contributed by atoms with van der Waals surface area (Å²) in [4.78, 5) is 8.74. The van der Waals surface area contributed by atoms with Crippen LogP contribution in [-0.4, -0.2) is 23.6 Å². The zero-order valence-electron chi connectivity index (χ0n) is 13.0. The van der Waals surface area contributed by atoms with Crippen LogP contribution in [0.3, 0.4) is 0 Å². The maximum Gasteiger partial charge on any atom is 0.125 e. The largest absolute Gasteiger partial charge is 0.496 e. The van der Waals surface area contributed by atoms with Crippen molar-refractivity contribution in [1.82, 2.24) is 15.3 Å². The fourth-order valence-electron chi connectivity index (χ4n) is 2.36. The predicted molar refractivity (Wildman–Crippen MR) is 84.5 cm³/mol. The molecule has 0 aliphatic heterocycles. The standard InChI is InChI=1S/C17H23N3O/c1-4-10-19-16(15-9-11-18-13(2)20-15)12-14-7-5-6-8-17(14)21-3/h5-9,11,16,19H,4,10,12H2,1-3H3. The van der Waals surface area contributed by atoms with Gasteiger partial charge in [0.25, 0.3) is 0 Å². The Morgan fingerprint density at radius 3 is 2.76 bits per heavy atom. The number of rotatable bonds is 7. The summed E-state index contributed by atoms with van der Waals surface area (Å²) in [5.41, 5.74) is 2.21. The molecule has 4 nitrogen and oxygen atoms in total. The van der Waals surface area contributed by atoms with Crippen LogP contribution in [0.25, 0.3) is 0 Å². The van der Waals surface area contributed by atoms with Crippen LogP contribution in [0.4, 0.5) is 0 Å². The number of nitrogens with zero attached hydrogens (tertiary/aromatic N) is 2. The van der Waals surface area contributed by atoms with Gasteiger partial charge < -0.3 is 10.1 Å². The van der Waals surface area contributed by atoms with E-state index in [1.54, 1.807) is 7.11 Å². The van der Waals surface area contributed by atoms with Crippen LogP contribution in [0.15, 0.2) is 36.5 Å². The third kappa shape index (κ3) is 4.26. The minimum atomic E-state index is 0.169. The first-order valence-electron chi connectivity index (χ1n) is 7.39. The van der Waals surface area contributed by atoms with Gasteiger partial charge in [0, 0.05) is 6.20 Å². The van der Waals surface area contributed by atoms with Crippen molar-refractivity contribution in [3.05, 3.63) is 53.6 Å². The Bertz CT molecular complexity index is 571. The zero-order valence-corrected chi connectivity index (χ0v) is 13.0. The van der Waals surface area contributed by atoms with Crippen LogP contribution in [0.2, 0.25) is 0 Å². The lowest BCUT2D eigenvalue weighted by Gasteiger charge is -2.19. The summed E-state index contributed by atoms with van der Waals surface area (Å²) in [7, 11) is 1.71. The van der Waals surface area contributed by atoms with Gasteiger partial charge in [-0.15, -0.1) is 0 Å². The molecule has 2 rings (SSSR count). The highest BCUT2D eigenvalue weighted by molar-refractivity contribution is 5.34. The molecule has 0 radical (unpaired) electrons. The first-order valence-corrected chi connectivity index (χ1v) is 7.39. The minimum Gasteiger partial charge on any atom is -0.496 e. The molecule has 1 unspecified atom stereocenters. The lowest BCUT2D eigenvalue weighted by atomic mass is 10.0. The number of ether oxygens (including phenoxy) is 1. The molecule has 112 valence electrons. The van der Waals surface area contributed by atoms with Crippen molar-refractivity contribution in [3.8, 4) is 5.75 Å². The number of aromatic nitrogens is 2. The second kappa shape index (κ2) is 7.74. The third-order valence-corrected chi connectivity index (χ3v) is 3.41. The summed E-state index contributed by atoms with van der Waals surface area (Å²) in [6.45, 7) is 5.05. The molecule has 1 aromatic carbocycles. The third-order valence-electron chi connectivity index (χ3n) is 3.41. The van der Waals surface area contributed by atoms with Crippen molar-refractivity contribution in [2.24, 2.45) is 0 Å². The van der Waals surface area contributed by atoms with Gasteiger partial charge in [-0.25, -0.2) is 9.97 Å². The summed E-state index contributed by atoms with van der Waals surface area (Å²) in [5.74, 6) is 1.72. The molecule has 1 N–H and O–H groups in total. The van der Waals surface area contributed by atoms with Gasteiger partial charge in [0.05, 0.1) is 18.8 Å². The van der Waals surface area contributed by atoms with Gasteiger partial charge in [-0.05, 0) is 44.0 Å². The van der Waals surface area contributed by atoms with Crippen molar-refractivity contribution in [3.63, 3.8) is 0 Å². The molecular formula is C17H23N3O. The van der Waals surface area contributed by atoms with Gasteiger partial charge in [0.2, 0.25) is 0 Å². The maximum atomic E-state index is 5.45. The summed E-state index contributed by atoms with van der Waals surface area (Å²) >= 11 is 0. The van der Waals surface area contributed by atoms with Crippen molar-refractivity contribution in [2.75, 3.05) is 13.7 Å². The van der Waals surface area contributed by atoms with E-state index in [2.05, 4.69) is 28.3 Å². The highest BCUT2D eigenvalue weighted by atomic mass is 16.5. The minimum absolute atomic E-state index is 0.169. The van der Waals surface area contributed by atoms with Crippen molar-refractivity contribution >= 4 is 0 Å². The van der Waals surface area contributed by atoms with E-state index in [0.29, 0.717) is 0 Å². The van der Waals surface area contributed by atoms with Crippen LogP contribution < -0.4 is 10.1 Å². The fraction of sp³-hybridized carbons (Fsp3) is 0.412. The molecule has 0 aliphatic rings. The fourth-order valence-corrected chi connectivity index (χ4v) is 2.36. The summed E-state index contributed by atoms with van der Waals surface area (Å²) < 4.78 is 5.45. The number of para-hydroxylation sites is 1. The Morgan fingerprint density at radius 1 is 1.24 bits per heavy atom. The van der Waals surface area contributed by atoms with E-state index in [4.69, 9.17) is 4.74 Å². The van der Waals surface area contributed by atoms with Gasteiger partial charge in [-0.3, -0.25) is 0 Å². The van der Waals surface area contributed by atoms with Crippen LogP contribution in [-0.2, 0) is 6.42 Å². The van der Waals surface area contributed by atoms with Crippen molar-refractivity contribution in [1.29, 1.82) is 0 Å². The smallest absolute Gasteiger partial charge is 0.125 e. The molecule has 1 atom stereocenters. The molecule has 0 amide bonds. The van der Waals surface area contributed by atoms with E-state index < -0.39 is 0 Å². The molecule has 0 fully saturated rings. The number of hydrogen-bond acceptors (Lipinski definition) is 4. The van der Waals surface area contributed by atoms with Gasteiger partial charge in [-0.1, -0.05) is 25.1 Å². The molecule has 1 aromatic heterocycles. The zero-order chi connectivity index (χ0) is 15.1. The van der Waals surface area contributed by atoms with Crippen molar-refractivity contribution < 1.29 is 4.74 Å². The van der Waals surface area contributed by atoms with Gasteiger partial charge in [0.1, 0.15) is 11.6 Å². The molecular weight excluding hydrogens is 262 g/mol. The van der Waals surface area contributed by atoms with Gasteiger partial charge >= 0.3 is 0 Å². The lowest BCUT2D eigenvalue weighted by molar-refractivity contribution is 0.404. The molecule has 0 spiro atoms. The SMILES string of the molecule is CCCNC(Cc1ccccc1OC)c1ccnc(C)n1. The molecule has 1 heterocycles. The summed E-state index contributed by atoms with van der Waals surface area (Å²) in [6.07, 6.45) is 3.76. The molecule has 21 heavy (non-hydrogen) atoms. The van der Waals surface area contributed by atoms with E-state index in [9.17, 15) is 0 Å². The summed E-state index contributed by atoms with van der Waals surface area (Å²) in [5, 5.41) is 3.57. The topological polar surface area (TPSA) is 47.0 Å². The second-order valence-electron chi connectivity index (χ2n) is 5.05. The first-order chi connectivity index (χ1) is 10.2. The monoisotopic (exact) mass is 285 g/mol. The molecule has 0 aliphatic carbocycles. The Balaban J connectivity index is 2.24. The summed E-state index contributed by atoms with van der Waals surface area (Å²) in [6, 6.07) is 10.3. The maximum absolute atomic E-state index is 5.45. The molecule has 4 heteroatoms. The Morgan fingerprint density at radius 2 is 2.05 bits per heavy atom. The van der Waals surface area contributed by atoms with Crippen LogP contribution in [0.5, 0.6) is 5.75 Å². The normalized spacial score (nSPS) is 12.1. The molecule has 2 aromatic rings. The van der Waals surface area contributed by atoms with Crippen LogP contribution in [0, 0.1) is 6.92 Å². The van der Waals surface area contributed by atoms with E-state index >= 15 is 0 Å². The first kappa shape index (κ1) is 15.4. The molecule has 0 bridgehead atoms. The number of nitrogens with one attached hydrogen (secondary N) is 1. The lowest BCUT2D eigenvalue weighted by Crippen LogP contribution is -2.25. The average Bonchev–Trinajstić information content (AvgIpc) is 2.51. The van der Waals surface area contributed by atoms with Gasteiger partial charge in [0.15, 0.2) is 0 Å². The van der Waals surface area contributed by atoms with E-state index in [1.807, 2.05) is 37.4 Å². The van der Waals surface area contributed by atoms with E-state index in [-0.39, 0.29) is 6.04 Å². The Kier molecular flexibility index (Phi) is 5.69. The predicted octanol–water partition coefficient (Wildman–Crippen LogP) is 3.08. The quantitative estimate of drug-likeness (QED) is 0.849. The number of methoxy groups -OCH3 is 1. The number of benzene rings is 1. The van der Waals surface area contributed by atoms with Crippen molar-refractivity contribution in [2.45, 2.75) is 32.7 Å². The van der Waals surface area contributed by atoms with Crippen LogP contribution in [0.1, 0.15) is 36.5 Å². The molecule has 0 saturated heterocycles. The van der Waals surface area contributed by atoms with Gasteiger partial charge in [-0.2, -0.15) is 0 Å². The molecule has 0 saturated carbocycles. The number of hydrogen-bond donors (Lipinski definition) is 1. The van der Waals surface area contributed by atoms with E-state index in [0.717, 1.165) is 36.7 Å². The van der Waals surface area contributed by atoms with E-state index in [1.165, 1.54) is 5.56 Å². The van der Waals surface area contributed by atoms with Crippen LogP contribution >= 0.6 is 0 Å². The Hall–Kier alpha value is -1.94.